The molecule has 0 unspecified atom stereocenters. The van der Waals surface area contributed by atoms with Crippen molar-refractivity contribution in [3.63, 3.8) is 0 Å². The predicted octanol–water partition coefficient (Wildman–Crippen LogP) is 2.47. The lowest BCUT2D eigenvalue weighted by molar-refractivity contribution is 0.0656. The summed E-state index contributed by atoms with van der Waals surface area (Å²) in [7, 11) is 2.09. The van der Waals surface area contributed by atoms with E-state index in [0.29, 0.717) is 17.8 Å². The largest absolute Gasteiger partial charge is 0.335 e. The molecule has 1 saturated heterocycles. The van der Waals surface area contributed by atoms with Gasteiger partial charge >= 0.3 is 0 Å². The van der Waals surface area contributed by atoms with Crippen molar-refractivity contribution >= 4 is 5.91 Å². The third kappa shape index (κ3) is 4.42. The van der Waals surface area contributed by atoms with Crippen LogP contribution in [0.1, 0.15) is 47.1 Å². The molecule has 1 amide bonds. The number of nitrogens with zero attached hydrogens (tertiary/aromatic N) is 4. The Morgan fingerprint density at radius 3 is 2.73 bits per heavy atom. The van der Waals surface area contributed by atoms with E-state index in [0.717, 1.165) is 64.0 Å². The standard InChI is InChI=1S/C23H32FN5O/c1-3-10-29-21-9-8-18(25-16-17-6-4-5-7-20(17)24)15-19(21)22(26-29)23(30)28-13-11-27(2)12-14-28/h4-7,18,25H,3,8-16H2,1-2H3/t18-/m0/s1. The van der Waals surface area contributed by atoms with E-state index in [1.165, 1.54) is 11.8 Å². The number of piperazine rings is 1. The van der Waals surface area contributed by atoms with Crippen LogP contribution in [-0.2, 0) is 25.9 Å². The number of fused-ring (bicyclic) bond motifs is 1. The van der Waals surface area contributed by atoms with Crippen LogP contribution in [0.15, 0.2) is 24.3 Å². The van der Waals surface area contributed by atoms with Gasteiger partial charge in [0.25, 0.3) is 5.91 Å². The number of nitrogens with one attached hydrogen (secondary N) is 1. The minimum Gasteiger partial charge on any atom is -0.335 e. The molecule has 162 valence electrons. The van der Waals surface area contributed by atoms with Crippen LogP contribution in [-0.4, -0.2) is 64.8 Å². The summed E-state index contributed by atoms with van der Waals surface area (Å²) in [4.78, 5) is 17.5. The van der Waals surface area contributed by atoms with E-state index in [-0.39, 0.29) is 17.8 Å². The van der Waals surface area contributed by atoms with Crippen LogP contribution in [0, 0.1) is 5.82 Å². The highest BCUT2D eigenvalue weighted by Gasteiger charge is 2.31. The van der Waals surface area contributed by atoms with Gasteiger partial charge in [-0.1, -0.05) is 25.1 Å². The summed E-state index contributed by atoms with van der Waals surface area (Å²) < 4.78 is 16.0. The predicted molar refractivity (Wildman–Crippen MR) is 115 cm³/mol. The van der Waals surface area contributed by atoms with Crippen molar-refractivity contribution < 1.29 is 9.18 Å². The molecule has 0 bridgehead atoms. The molecule has 2 aliphatic rings. The van der Waals surface area contributed by atoms with Gasteiger partial charge in [-0.25, -0.2) is 4.39 Å². The van der Waals surface area contributed by atoms with Crippen molar-refractivity contribution in [1.29, 1.82) is 0 Å². The number of carbonyl (C=O) groups excluding carboxylic acids is 1. The molecule has 1 aromatic carbocycles. The Hall–Kier alpha value is -2.25. The van der Waals surface area contributed by atoms with Crippen LogP contribution in [0.4, 0.5) is 4.39 Å². The van der Waals surface area contributed by atoms with Crippen LogP contribution >= 0.6 is 0 Å². The maximum atomic E-state index is 14.0. The zero-order valence-electron chi connectivity index (χ0n) is 18.0. The van der Waals surface area contributed by atoms with E-state index in [1.807, 2.05) is 21.7 Å². The summed E-state index contributed by atoms with van der Waals surface area (Å²) in [5.41, 5.74) is 3.60. The first kappa shape index (κ1) is 21.0. The average molecular weight is 414 g/mol. The molecule has 30 heavy (non-hydrogen) atoms. The number of carbonyl (C=O) groups is 1. The molecule has 1 aliphatic carbocycles. The molecule has 1 aliphatic heterocycles. The maximum absolute atomic E-state index is 14.0. The molecule has 1 fully saturated rings. The average Bonchev–Trinajstić information content (AvgIpc) is 3.11. The van der Waals surface area contributed by atoms with E-state index in [1.54, 1.807) is 6.07 Å². The monoisotopic (exact) mass is 413 g/mol. The molecule has 0 radical (unpaired) electrons. The smallest absolute Gasteiger partial charge is 0.274 e. The molecule has 0 saturated carbocycles. The summed E-state index contributed by atoms with van der Waals surface area (Å²) in [5, 5.41) is 8.27. The number of hydrogen-bond acceptors (Lipinski definition) is 4. The van der Waals surface area contributed by atoms with Crippen LogP contribution in [0.2, 0.25) is 0 Å². The van der Waals surface area contributed by atoms with Gasteiger partial charge in [0.1, 0.15) is 5.82 Å². The fraction of sp³-hybridized carbons (Fsp3) is 0.565. The molecule has 1 atom stereocenters. The second-order valence-electron chi connectivity index (χ2n) is 8.50. The number of likely N-dealkylation sites (N-methyl/N-ethyl adjacent to an activating group) is 1. The second kappa shape index (κ2) is 9.27. The molecule has 1 aromatic heterocycles. The van der Waals surface area contributed by atoms with Crippen molar-refractivity contribution in [1.82, 2.24) is 24.9 Å². The highest BCUT2D eigenvalue weighted by molar-refractivity contribution is 5.94. The van der Waals surface area contributed by atoms with Gasteiger partial charge in [0.05, 0.1) is 0 Å². The second-order valence-corrected chi connectivity index (χ2v) is 8.50. The molecule has 1 N–H and O–H groups in total. The third-order valence-electron chi connectivity index (χ3n) is 6.31. The van der Waals surface area contributed by atoms with E-state index < -0.39 is 0 Å². The highest BCUT2D eigenvalue weighted by Crippen LogP contribution is 2.27. The number of aryl methyl sites for hydroxylation is 1. The number of halogens is 1. The van der Waals surface area contributed by atoms with Crippen molar-refractivity contribution in [3.8, 4) is 0 Å². The molecular weight excluding hydrogens is 381 g/mol. The normalized spacial score (nSPS) is 19.7. The van der Waals surface area contributed by atoms with Gasteiger partial charge in [0.15, 0.2) is 5.69 Å². The zero-order chi connectivity index (χ0) is 21.1. The molecular formula is C23H32FN5O. The lowest BCUT2D eigenvalue weighted by Gasteiger charge is -2.32. The minimum absolute atomic E-state index is 0.0592. The van der Waals surface area contributed by atoms with Crippen LogP contribution in [0.25, 0.3) is 0 Å². The van der Waals surface area contributed by atoms with Gasteiger partial charge in [0, 0.05) is 62.1 Å². The van der Waals surface area contributed by atoms with Gasteiger partial charge in [-0.2, -0.15) is 5.10 Å². The van der Waals surface area contributed by atoms with Gasteiger partial charge in [-0.3, -0.25) is 9.48 Å². The van der Waals surface area contributed by atoms with Crippen molar-refractivity contribution in [2.75, 3.05) is 33.2 Å². The van der Waals surface area contributed by atoms with E-state index in [9.17, 15) is 9.18 Å². The SMILES string of the molecule is CCCn1nc(C(=O)N2CCN(C)CC2)c2c1CC[C@H](NCc1ccccc1F)C2. The fourth-order valence-corrected chi connectivity index (χ4v) is 4.49. The zero-order valence-corrected chi connectivity index (χ0v) is 18.0. The van der Waals surface area contributed by atoms with Crippen LogP contribution < -0.4 is 5.32 Å². The summed E-state index contributed by atoms with van der Waals surface area (Å²) >= 11 is 0. The molecule has 0 spiro atoms. The molecule has 2 aromatic rings. The summed E-state index contributed by atoms with van der Waals surface area (Å²) in [6, 6.07) is 7.11. The molecule has 4 rings (SSSR count). The Morgan fingerprint density at radius 2 is 2.00 bits per heavy atom. The number of hydrogen-bond donors (Lipinski definition) is 1. The Kier molecular flexibility index (Phi) is 6.49. The first-order valence-electron chi connectivity index (χ1n) is 11.1. The quantitative estimate of drug-likeness (QED) is 0.791. The Balaban J connectivity index is 1.51. The lowest BCUT2D eigenvalue weighted by Crippen LogP contribution is -2.47. The summed E-state index contributed by atoms with van der Waals surface area (Å²) in [6.45, 7) is 6.77. The fourth-order valence-electron chi connectivity index (χ4n) is 4.49. The van der Waals surface area contributed by atoms with E-state index in [4.69, 9.17) is 5.10 Å². The number of aromatic nitrogens is 2. The number of benzene rings is 1. The Labute approximate surface area is 178 Å². The van der Waals surface area contributed by atoms with Crippen molar-refractivity contribution in [2.45, 2.75) is 51.7 Å². The van der Waals surface area contributed by atoms with Gasteiger partial charge < -0.3 is 15.1 Å². The lowest BCUT2D eigenvalue weighted by atomic mass is 9.90. The van der Waals surface area contributed by atoms with Gasteiger partial charge in [-0.05, 0) is 38.8 Å². The maximum Gasteiger partial charge on any atom is 0.274 e. The summed E-state index contributed by atoms with van der Waals surface area (Å²) in [5.74, 6) is -0.118. The van der Waals surface area contributed by atoms with Crippen LogP contribution in [0.3, 0.4) is 0 Å². The van der Waals surface area contributed by atoms with Crippen molar-refractivity contribution in [3.05, 3.63) is 52.6 Å². The topological polar surface area (TPSA) is 53.4 Å². The first-order valence-corrected chi connectivity index (χ1v) is 11.1. The number of amides is 1. The molecule has 6 nitrogen and oxygen atoms in total. The van der Waals surface area contributed by atoms with Gasteiger partial charge in [0.2, 0.25) is 0 Å². The minimum atomic E-state index is -0.178. The Bertz CT molecular complexity index is 888. The third-order valence-corrected chi connectivity index (χ3v) is 6.31. The van der Waals surface area contributed by atoms with Crippen LogP contribution in [0.5, 0.6) is 0 Å². The van der Waals surface area contributed by atoms with Crippen molar-refractivity contribution in [2.24, 2.45) is 0 Å². The molecule has 2 heterocycles. The van der Waals surface area contributed by atoms with E-state index >= 15 is 0 Å². The molecule has 7 heteroatoms. The summed E-state index contributed by atoms with van der Waals surface area (Å²) in [6.07, 6.45) is 3.62. The number of rotatable bonds is 6. The van der Waals surface area contributed by atoms with Gasteiger partial charge in [-0.15, -0.1) is 0 Å². The van der Waals surface area contributed by atoms with E-state index in [2.05, 4.69) is 24.2 Å². The Morgan fingerprint density at radius 1 is 1.23 bits per heavy atom. The highest BCUT2D eigenvalue weighted by atomic mass is 19.1. The first-order chi connectivity index (χ1) is 14.6.